The maximum absolute atomic E-state index is 11.9. The topological polar surface area (TPSA) is 97.0 Å². The number of rotatable bonds is 6. The fourth-order valence-corrected chi connectivity index (χ4v) is 3.36. The highest BCUT2D eigenvalue weighted by molar-refractivity contribution is 9.10. The van der Waals surface area contributed by atoms with Gasteiger partial charge in [-0.15, -0.1) is 0 Å². The van der Waals surface area contributed by atoms with Gasteiger partial charge < -0.3 is 9.47 Å². The Balaban J connectivity index is 0.00000272. The van der Waals surface area contributed by atoms with E-state index in [0.29, 0.717) is 22.5 Å². The van der Waals surface area contributed by atoms with E-state index in [-0.39, 0.29) is 32.1 Å². The Kier molecular flexibility index (Phi) is 6.96. The van der Waals surface area contributed by atoms with Gasteiger partial charge in [0, 0.05) is 10.7 Å². The zero-order valence-corrected chi connectivity index (χ0v) is 19.7. The Hall–Kier alpha value is -2.92. The molecule has 0 amide bonds. The number of carbonyl (C=O) groups excluding carboxylic acids is 1. The van der Waals surface area contributed by atoms with Gasteiger partial charge >= 0.3 is 5.97 Å². The highest BCUT2D eigenvalue weighted by atomic mass is 79.9. The van der Waals surface area contributed by atoms with E-state index in [4.69, 9.17) is 9.47 Å². The van der Waals surface area contributed by atoms with Gasteiger partial charge in [-0.2, -0.15) is 28.7 Å². The first-order chi connectivity index (χ1) is 14.5. The third kappa shape index (κ3) is 4.42. The van der Waals surface area contributed by atoms with Crippen molar-refractivity contribution in [1.29, 1.82) is 0 Å². The number of aromatic nitrogens is 6. The van der Waals surface area contributed by atoms with Crippen molar-refractivity contribution in [2.24, 2.45) is 0 Å². The molecule has 31 heavy (non-hydrogen) atoms. The van der Waals surface area contributed by atoms with E-state index in [1.54, 1.807) is 20.2 Å². The molecular formula is C20H21BrN6O3S. The van der Waals surface area contributed by atoms with Crippen LogP contribution in [0.5, 0.6) is 5.88 Å². The SMILES string of the molecule is CCOC(=O)c1cnn(-c2nc(OC)c3c(cnn3[C@@H](C)c3ccc(Br)cc3)n2)c1.S. The maximum Gasteiger partial charge on any atom is 0.341 e. The second-order valence-electron chi connectivity index (χ2n) is 6.48. The van der Waals surface area contributed by atoms with Gasteiger partial charge in [0.05, 0.1) is 37.7 Å². The standard InChI is InChI=1S/C20H19BrN6O3.H2S/c1-4-30-19(28)14-9-22-26(11-14)20-24-16-10-23-27(17(16)18(25-20)29-3)12(2)13-5-7-15(21)8-6-13;/h5-12H,4H2,1-3H3;1H2/t12-;/m0./s1. The smallest absolute Gasteiger partial charge is 0.341 e. The van der Waals surface area contributed by atoms with E-state index < -0.39 is 5.97 Å². The molecule has 0 saturated carbocycles. The molecule has 0 unspecified atom stereocenters. The monoisotopic (exact) mass is 504 g/mol. The lowest BCUT2D eigenvalue weighted by atomic mass is 10.1. The molecule has 0 aliphatic carbocycles. The van der Waals surface area contributed by atoms with Gasteiger partial charge in [-0.25, -0.2) is 14.5 Å². The summed E-state index contributed by atoms with van der Waals surface area (Å²) in [6.45, 7) is 4.08. The van der Waals surface area contributed by atoms with Crippen molar-refractivity contribution in [3.8, 4) is 11.8 Å². The van der Waals surface area contributed by atoms with Crippen LogP contribution in [0, 0.1) is 0 Å². The summed E-state index contributed by atoms with van der Waals surface area (Å²) >= 11 is 3.46. The predicted molar refractivity (Wildman–Crippen MR) is 123 cm³/mol. The molecule has 4 aromatic rings. The molecule has 0 aliphatic rings. The quantitative estimate of drug-likeness (QED) is 0.369. The van der Waals surface area contributed by atoms with Crippen LogP contribution in [-0.2, 0) is 4.74 Å². The van der Waals surface area contributed by atoms with Crippen LogP contribution in [0.3, 0.4) is 0 Å². The lowest BCUT2D eigenvalue weighted by Crippen LogP contribution is -2.10. The van der Waals surface area contributed by atoms with E-state index in [0.717, 1.165) is 10.0 Å². The summed E-state index contributed by atoms with van der Waals surface area (Å²) < 4.78 is 14.8. The van der Waals surface area contributed by atoms with Gasteiger partial charge in [0.25, 0.3) is 5.95 Å². The molecule has 0 radical (unpaired) electrons. The van der Waals surface area contributed by atoms with Crippen LogP contribution in [0.4, 0.5) is 0 Å². The van der Waals surface area contributed by atoms with Crippen molar-refractivity contribution in [3.63, 3.8) is 0 Å². The molecule has 3 aromatic heterocycles. The molecule has 4 rings (SSSR count). The Morgan fingerprint density at radius 2 is 1.90 bits per heavy atom. The number of carbonyl (C=O) groups is 1. The number of nitrogens with zero attached hydrogens (tertiary/aromatic N) is 6. The van der Waals surface area contributed by atoms with Crippen molar-refractivity contribution in [1.82, 2.24) is 29.5 Å². The van der Waals surface area contributed by atoms with Crippen LogP contribution in [0.1, 0.15) is 35.8 Å². The van der Waals surface area contributed by atoms with Crippen LogP contribution >= 0.6 is 29.4 Å². The summed E-state index contributed by atoms with van der Waals surface area (Å²) in [6, 6.07) is 7.98. The summed E-state index contributed by atoms with van der Waals surface area (Å²) in [4.78, 5) is 20.9. The average molecular weight is 505 g/mol. The number of hydrogen-bond acceptors (Lipinski definition) is 7. The highest BCUT2D eigenvalue weighted by Gasteiger charge is 2.20. The van der Waals surface area contributed by atoms with Crippen LogP contribution in [-0.4, -0.2) is 49.2 Å². The fourth-order valence-electron chi connectivity index (χ4n) is 3.09. The first kappa shape index (κ1) is 22.8. The Labute approximate surface area is 194 Å². The van der Waals surface area contributed by atoms with E-state index >= 15 is 0 Å². The molecule has 0 spiro atoms. The summed E-state index contributed by atoms with van der Waals surface area (Å²) in [6.07, 6.45) is 4.60. The lowest BCUT2D eigenvalue weighted by molar-refractivity contribution is 0.0526. The zero-order chi connectivity index (χ0) is 21.3. The number of ether oxygens (including phenoxy) is 2. The van der Waals surface area contributed by atoms with Crippen molar-refractivity contribution >= 4 is 46.4 Å². The molecule has 3 heterocycles. The molecule has 162 valence electrons. The van der Waals surface area contributed by atoms with Gasteiger partial charge in [-0.1, -0.05) is 28.1 Å². The maximum atomic E-state index is 11.9. The molecule has 9 nitrogen and oxygen atoms in total. The number of halogens is 1. The molecule has 1 aromatic carbocycles. The van der Waals surface area contributed by atoms with Crippen LogP contribution in [0.15, 0.2) is 47.3 Å². The summed E-state index contributed by atoms with van der Waals surface area (Å²) in [5.41, 5.74) is 2.68. The summed E-state index contributed by atoms with van der Waals surface area (Å²) in [7, 11) is 1.54. The molecule has 0 saturated heterocycles. The third-order valence-corrected chi connectivity index (χ3v) is 5.14. The van der Waals surface area contributed by atoms with E-state index in [1.807, 2.05) is 35.9 Å². The molecule has 1 atom stereocenters. The molecule has 0 fully saturated rings. The molecule has 0 N–H and O–H groups in total. The van der Waals surface area contributed by atoms with E-state index in [1.165, 1.54) is 17.1 Å². The minimum atomic E-state index is -0.451. The normalized spacial score (nSPS) is 11.7. The van der Waals surface area contributed by atoms with Crippen molar-refractivity contribution in [2.75, 3.05) is 13.7 Å². The van der Waals surface area contributed by atoms with Crippen LogP contribution in [0.25, 0.3) is 17.0 Å². The number of methoxy groups -OCH3 is 1. The number of hydrogen-bond donors (Lipinski definition) is 0. The zero-order valence-electron chi connectivity index (χ0n) is 17.1. The second-order valence-corrected chi connectivity index (χ2v) is 7.39. The molecule has 0 aliphatic heterocycles. The molecule has 11 heteroatoms. The lowest BCUT2D eigenvalue weighted by Gasteiger charge is -2.15. The van der Waals surface area contributed by atoms with Crippen LogP contribution in [0.2, 0.25) is 0 Å². The van der Waals surface area contributed by atoms with Gasteiger partial charge in [0.15, 0.2) is 0 Å². The minimum Gasteiger partial charge on any atom is -0.479 e. The average Bonchev–Trinajstić information content (AvgIpc) is 3.41. The minimum absolute atomic E-state index is 0. The predicted octanol–water partition coefficient (Wildman–Crippen LogP) is 3.68. The largest absolute Gasteiger partial charge is 0.479 e. The first-order valence-electron chi connectivity index (χ1n) is 9.28. The van der Waals surface area contributed by atoms with E-state index in [9.17, 15) is 4.79 Å². The fraction of sp³-hybridized carbons (Fsp3) is 0.250. The summed E-state index contributed by atoms with van der Waals surface area (Å²) in [5, 5.41) is 8.69. The molecular weight excluding hydrogens is 484 g/mol. The second kappa shape index (κ2) is 9.48. The van der Waals surface area contributed by atoms with E-state index in [2.05, 4.69) is 36.1 Å². The van der Waals surface area contributed by atoms with Gasteiger partial charge in [-0.3, -0.25) is 4.68 Å². The number of fused-ring (bicyclic) bond motifs is 1. The summed E-state index contributed by atoms with van der Waals surface area (Å²) in [5.74, 6) is 0.184. The Morgan fingerprint density at radius 3 is 2.58 bits per heavy atom. The van der Waals surface area contributed by atoms with Crippen molar-refractivity contribution in [2.45, 2.75) is 19.9 Å². The van der Waals surface area contributed by atoms with Crippen molar-refractivity contribution in [3.05, 3.63) is 58.5 Å². The van der Waals surface area contributed by atoms with Gasteiger partial charge in [-0.05, 0) is 31.5 Å². The number of benzene rings is 1. The highest BCUT2D eigenvalue weighted by Crippen LogP contribution is 2.29. The number of esters is 1. The Bertz CT molecular complexity index is 1210. The van der Waals surface area contributed by atoms with Gasteiger partial charge in [0.2, 0.25) is 5.88 Å². The molecule has 0 bridgehead atoms. The van der Waals surface area contributed by atoms with Crippen molar-refractivity contribution < 1.29 is 14.3 Å². The Morgan fingerprint density at radius 1 is 1.16 bits per heavy atom. The third-order valence-electron chi connectivity index (χ3n) is 4.61. The first-order valence-corrected chi connectivity index (χ1v) is 10.1. The van der Waals surface area contributed by atoms with Crippen LogP contribution < -0.4 is 4.74 Å². The van der Waals surface area contributed by atoms with Gasteiger partial charge in [0.1, 0.15) is 11.0 Å².